The number of nitrogens with zero attached hydrogens (tertiary/aromatic N) is 1. The fourth-order valence-electron chi connectivity index (χ4n) is 5.86. The first-order valence-corrected chi connectivity index (χ1v) is 15.9. The molecule has 0 bridgehead atoms. The zero-order valence-electron chi connectivity index (χ0n) is 26.4. The Labute approximate surface area is 278 Å². The largest absolute Gasteiger partial charge is 0.465 e. The van der Waals surface area contributed by atoms with E-state index in [0.29, 0.717) is 23.5 Å². The Hall–Kier alpha value is -5.48. The lowest BCUT2D eigenvalue weighted by Gasteiger charge is -2.48. The maximum absolute atomic E-state index is 14.4. The van der Waals surface area contributed by atoms with Gasteiger partial charge in [0.25, 0.3) is 11.8 Å². The Morgan fingerprint density at radius 3 is 1.96 bits per heavy atom. The van der Waals surface area contributed by atoms with Gasteiger partial charge in [-0.05, 0) is 53.8 Å². The van der Waals surface area contributed by atoms with Crippen LogP contribution in [0, 0.1) is 0 Å². The number of β-lactam (4-membered cyclic amide) rings is 1. The Morgan fingerprint density at radius 1 is 0.792 bits per heavy atom. The first-order valence-electron chi connectivity index (χ1n) is 15.9. The van der Waals surface area contributed by atoms with E-state index in [1.807, 2.05) is 60.7 Å². The van der Waals surface area contributed by atoms with Gasteiger partial charge in [0.1, 0.15) is 5.75 Å². The number of likely N-dealkylation sites (tertiary alicyclic amines) is 1. The number of hydrogen-bond acceptors (Lipinski definition) is 8. The quantitative estimate of drug-likeness (QED) is 0.167. The van der Waals surface area contributed by atoms with Gasteiger partial charge in [-0.15, -0.1) is 0 Å². The highest BCUT2D eigenvalue weighted by molar-refractivity contribution is 6.01. The molecule has 246 valence electrons. The van der Waals surface area contributed by atoms with Crippen molar-refractivity contribution in [3.63, 3.8) is 0 Å². The van der Waals surface area contributed by atoms with Gasteiger partial charge in [-0.25, -0.2) is 4.79 Å². The topological polar surface area (TPSA) is 120 Å². The lowest BCUT2D eigenvalue weighted by atomic mass is 9.95. The van der Waals surface area contributed by atoms with Gasteiger partial charge < -0.3 is 24.3 Å². The van der Waals surface area contributed by atoms with Crippen LogP contribution in [0.5, 0.6) is 5.75 Å². The van der Waals surface area contributed by atoms with Gasteiger partial charge in [-0.3, -0.25) is 19.3 Å². The maximum Gasteiger partial charge on any atom is 0.334 e. The highest BCUT2D eigenvalue weighted by Crippen LogP contribution is 2.37. The van der Waals surface area contributed by atoms with Crippen molar-refractivity contribution >= 4 is 23.8 Å². The molecule has 0 saturated carbocycles. The van der Waals surface area contributed by atoms with Gasteiger partial charge in [-0.2, -0.15) is 0 Å². The molecule has 4 atom stereocenters. The van der Waals surface area contributed by atoms with E-state index in [1.165, 1.54) is 6.92 Å². The summed E-state index contributed by atoms with van der Waals surface area (Å²) < 4.78 is 23.5. The average molecular weight is 649 g/mol. The molecule has 10 nitrogen and oxygen atoms in total. The molecule has 1 N–H and O–H groups in total. The van der Waals surface area contributed by atoms with Crippen molar-refractivity contribution < 1.29 is 38.1 Å². The normalized spacial score (nSPS) is 19.5. The summed E-state index contributed by atoms with van der Waals surface area (Å²) in [4.78, 5) is 54.7. The second-order valence-electron chi connectivity index (χ2n) is 11.6. The minimum atomic E-state index is -1.33. The summed E-state index contributed by atoms with van der Waals surface area (Å²) in [6, 6.07) is 31.1. The monoisotopic (exact) mass is 648 g/mol. The van der Waals surface area contributed by atoms with Crippen LogP contribution in [-0.2, 0) is 28.6 Å². The zero-order chi connectivity index (χ0) is 33.5. The van der Waals surface area contributed by atoms with Gasteiger partial charge in [-0.1, -0.05) is 91.0 Å². The molecule has 0 aromatic heterocycles. The molecule has 2 heterocycles. The molecular weight excluding hydrogens is 612 g/mol. The first-order chi connectivity index (χ1) is 23.4. The van der Waals surface area contributed by atoms with E-state index in [1.54, 1.807) is 54.6 Å². The van der Waals surface area contributed by atoms with Gasteiger partial charge in [0.15, 0.2) is 24.5 Å². The Balaban J connectivity index is 1.33. The summed E-state index contributed by atoms with van der Waals surface area (Å²) in [5, 5.41) is 2.67. The van der Waals surface area contributed by atoms with Crippen LogP contribution in [-0.4, -0.2) is 53.8 Å². The predicted octanol–water partition coefficient (Wildman–Crippen LogP) is 5.50. The van der Waals surface area contributed by atoms with Crippen molar-refractivity contribution in [1.82, 2.24) is 10.2 Å². The molecule has 6 rings (SSSR count). The minimum absolute atomic E-state index is 0.326. The fourth-order valence-corrected chi connectivity index (χ4v) is 5.86. The zero-order valence-corrected chi connectivity index (χ0v) is 26.4. The molecule has 0 radical (unpaired) electrons. The number of carbonyl (C=O) groups excluding carboxylic acids is 4. The van der Waals surface area contributed by atoms with Crippen LogP contribution < -0.4 is 10.1 Å². The van der Waals surface area contributed by atoms with Crippen LogP contribution in [0.3, 0.4) is 0 Å². The third-order valence-electron chi connectivity index (χ3n) is 8.23. The van der Waals surface area contributed by atoms with E-state index in [0.717, 1.165) is 35.3 Å². The molecule has 48 heavy (non-hydrogen) atoms. The van der Waals surface area contributed by atoms with Crippen LogP contribution in [0.25, 0.3) is 0 Å². The number of benzene rings is 4. The van der Waals surface area contributed by atoms with E-state index >= 15 is 0 Å². The Kier molecular flexibility index (Phi) is 10.1. The van der Waals surface area contributed by atoms with Gasteiger partial charge >= 0.3 is 11.9 Å². The van der Waals surface area contributed by atoms with Crippen LogP contribution in [0.15, 0.2) is 115 Å². The summed E-state index contributed by atoms with van der Waals surface area (Å²) in [7, 11) is 0. The van der Waals surface area contributed by atoms with E-state index in [2.05, 4.69) is 5.32 Å². The maximum atomic E-state index is 14.4. The van der Waals surface area contributed by atoms with Crippen molar-refractivity contribution in [2.24, 2.45) is 0 Å². The smallest absolute Gasteiger partial charge is 0.334 e. The lowest BCUT2D eigenvalue weighted by molar-refractivity contribution is -0.201. The molecule has 2 amide bonds. The highest BCUT2D eigenvalue weighted by Gasteiger charge is 2.56. The van der Waals surface area contributed by atoms with Crippen molar-refractivity contribution in [2.75, 3.05) is 6.61 Å². The Morgan fingerprint density at radius 2 is 1.40 bits per heavy atom. The van der Waals surface area contributed by atoms with Crippen LogP contribution in [0.2, 0.25) is 0 Å². The van der Waals surface area contributed by atoms with E-state index in [-0.39, 0.29) is 6.29 Å². The molecule has 10 heteroatoms. The molecular formula is C38H36N2O8. The van der Waals surface area contributed by atoms with E-state index in [4.69, 9.17) is 18.9 Å². The molecule has 2 aliphatic heterocycles. The fraction of sp³-hybridized carbons (Fsp3) is 0.263. The van der Waals surface area contributed by atoms with E-state index in [9.17, 15) is 19.2 Å². The molecule has 2 saturated heterocycles. The minimum Gasteiger partial charge on any atom is -0.465 e. The molecule has 4 aromatic carbocycles. The molecule has 2 fully saturated rings. The van der Waals surface area contributed by atoms with E-state index < -0.39 is 48.2 Å². The predicted molar refractivity (Wildman–Crippen MR) is 174 cm³/mol. The van der Waals surface area contributed by atoms with Crippen LogP contribution in [0.4, 0.5) is 0 Å². The van der Waals surface area contributed by atoms with Gasteiger partial charge in [0.2, 0.25) is 6.23 Å². The molecule has 0 spiro atoms. The second-order valence-corrected chi connectivity index (χ2v) is 11.6. The standard InChI is InChI=1S/C38H36N2O8/c1-25(41)46-37-32(39-35(42)29-17-9-4-10-18-29)36(43)40(37)33(26-20-22-30(23-21-26)47-31-19-11-12-24-45-31)38(44)48-34(27-13-5-2-6-14-27)28-15-7-3-8-16-28/h2-10,13-18,20-23,31-34,37H,11-12,19,24H2,1H3,(H,39,42)/t31?,32?,33?,37-/m1/s1. The highest BCUT2D eigenvalue weighted by atomic mass is 16.7. The number of carbonyl (C=O) groups is 4. The lowest BCUT2D eigenvalue weighted by Crippen LogP contribution is -2.73. The number of rotatable bonds is 11. The number of amides is 2. The van der Waals surface area contributed by atoms with Gasteiger partial charge in [0.05, 0.1) is 6.61 Å². The van der Waals surface area contributed by atoms with Crippen molar-refractivity contribution in [3.8, 4) is 5.75 Å². The average Bonchev–Trinajstić information content (AvgIpc) is 3.13. The number of hydrogen-bond donors (Lipinski definition) is 1. The summed E-state index contributed by atoms with van der Waals surface area (Å²) in [6.45, 7) is 1.82. The molecule has 4 aromatic rings. The first kappa shape index (κ1) is 32.5. The summed E-state index contributed by atoms with van der Waals surface area (Å²) in [6.07, 6.45) is 0.290. The number of nitrogens with one attached hydrogen (secondary N) is 1. The third kappa shape index (κ3) is 7.39. The summed E-state index contributed by atoms with van der Waals surface area (Å²) in [5.41, 5.74) is 2.18. The Bertz CT molecular complexity index is 1670. The summed E-state index contributed by atoms with van der Waals surface area (Å²) >= 11 is 0. The van der Waals surface area contributed by atoms with Crippen molar-refractivity contribution in [3.05, 3.63) is 138 Å². The molecule has 3 unspecified atom stereocenters. The van der Waals surface area contributed by atoms with Crippen LogP contribution >= 0.6 is 0 Å². The molecule has 2 aliphatic rings. The van der Waals surface area contributed by atoms with Crippen LogP contribution in [0.1, 0.15) is 65.4 Å². The second kappa shape index (κ2) is 15.0. The SMILES string of the molecule is CC(=O)O[C@@H]1C(NC(=O)c2ccccc2)C(=O)N1C(C(=O)OC(c1ccccc1)c1ccccc1)c1ccc(OC2CCCCO2)cc1. The summed E-state index contributed by atoms with van der Waals surface area (Å²) in [5.74, 6) is -2.05. The van der Waals surface area contributed by atoms with Crippen molar-refractivity contribution in [1.29, 1.82) is 0 Å². The van der Waals surface area contributed by atoms with Gasteiger partial charge in [0, 0.05) is 18.9 Å². The number of esters is 2. The molecule has 0 aliphatic carbocycles. The third-order valence-corrected chi connectivity index (χ3v) is 8.23. The van der Waals surface area contributed by atoms with Crippen molar-refractivity contribution in [2.45, 2.75) is 56.9 Å². The number of ether oxygens (including phenoxy) is 4.